The number of rotatable bonds is 3. The molecule has 3 rings (SSSR count). The van der Waals surface area contributed by atoms with Crippen molar-refractivity contribution in [3.05, 3.63) is 35.2 Å². The van der Waals surface area contributed by atoms with Gasteiger partial charge in [0, 0.05) is 5.38 Å². The first kappa shape index (κ1) is 12.4. The molecule has 0 atom stereocenters. The minimum absolute atomic E-state index is 0.241. The number of hydrogen-bond acceptors (Lipinski definition) is 5. The fourth-order valence-electron chi connectivity index (χ4n) is 1.97. The van der Waals surface area contributed by atoms with Crippen molar-refractivity contribution in [2.24, 2.45) is 0 Å². The molecule has 0 radical (unpaired) electrons. The third-order valence-electron chi connectivity index (χ3n) is 2.87. The molecule has 1 aliphatic heterocycles. The molecule has 1 aromatic carbocycles. The van der Waals surface area contributed by atoms with Crippen LogP contribution < -0.4 is 9.46 Å². The Kier molecular flexibility index (Phi) is 3.16. The van der Waals surface area contributed by atoms with Gasteiger partial charge in [-0.2, -0.15) is 4.37 Å². The van der Waals surface area contributed by atoms with Crippen LogP contribution in [-0.4, -0.2) is 19.4 Å². The van der Waals surface area contributed by atoms with E-state index in [9.17, 15) is 8.42 Å². The van der Waals surface area contributed by atoms with E-state index in [2.05, 4.69) is 9.10 Å². The van der Waals surface area contributed by atoms with Gasteiger partial charge < -0.3 is 4.74 Å². The summed E-state index contributed by atoms with van der Waals surface area (Å²) >= 11 is 1.20. The van der Waals surface area contributed by atoms with E-state index in [0.717, 1.165) is 24.2 Å². The van der Waals surface area contributed by atoms with Crippen LogP contribution in [-0.2, 0) is 16.4 Å². The normalized spacial score (nSPS) is 14.5. The predicted octanol–water partition coefficient (Wildman–Crippen LogP) is 2.27. The van der Waals surface area contributed by atoms with Crippen molar-refractivity contribution in [3.8, 4) is 5.75 Å². The molecule has 0 aliphatic carbocycles. The summed E-state index contributed by atoms with van der Waals surface area (Å²) in [4.78, 5) is 0.241. The second-order valence-electron chi connectivity index (χ2n) is 4.21. The van der Waals surface area contributed by atoms with Gasteiger partial charge in [0.15, 0.2) is 5.82 Å². The van der Waals surface area contributed by atoms with E-state index in [1.165, 1.54) is 11.5 Å². The van der Waals surface area contributed by atoms with E-state index in [1.54, 1.807) is 29.6 Å². The quantitative estimate of drug-likeness (QED) is 0.943. The highest BCUT2D eigenvalue weighted by atomic mass is 32.2. The number of sulfonamides is 1. The molecule has 100 valence electrons. The Morgan fingerprint density at radius 3 is 3.00 bits per heavy atom. The summed E-state index contributed by atoms with van der Waals surface area (Å²) in [7, 11) is -3.58. The van der Waals surface area contributed by atoms with Gasteiger partial charge in [-0.3, -0.25) is 4.72 Å². The summed E-state index contributed by atoms with van der Waals surface area (Å²) < 4.78 is 36.3. The number of aryl methyl sites for hydroxylation is 1. The Balaban J connectivity index is 1.93. The van der Waals surface area contributed by atoms with Gasteiger partial charge in [0.1, 0.15) is 5.75 Å². The van der Waals surface area contributed by atoms with Gasteiger partial charge in [-0.1, -0.05) is 0 Å². The first-order valence-electron chi connectivity index (χ1n) is 5.84. The fourth-order valence-corrected chi connectivity index (χ4v) is 3.55. The highest BCUT2D eigenvalue weighted by Crippen LogP contribution is 2.27. The van der Waals surface area contributed by atoms with Gasteiger partial charge in [-0.15, -0.1) is 0 Å². The first-order valence-corrected chi connectivity index (χ1v) is 8.16. The molecule has 7 heteroatoms. The van der Waals surface area contributed by atoms with Crippen LogP contribution in [0.3, 0.4) is 0 Å². The summed E-state index contributed by atoms with van der Waals surface area (Å²) in [6, 6.07) is 6.57. The molecule has 0 saturated heterocycles. The van der Waals surface area contributed by atoms with Crippen molar-refractivity contribution in [3.63, 3.8) is 0 Å². The molecule has 0 bridgehead atoms. The lowest BCUT2D eigenvalue weighted by atomic mass is 10.1. The molecule has 1 N–H and O–H groups in total. The highest BCUT2D eigenvalue weighted by molar-refractivity contribution is 7.92. The van der Waals surface area contributed by atoms with Gasteiger partial charge in [-0.25, -0.2) is 8.42 Å². The summed E-state index contributed by atoms with van der Waals surface area (Å²) in [5.74, 6) is 1.12. The number of nitrogens with zero attached hydrogens (tertiary/aromatic N) is 1. The van der Waals surface area contributed by atoms with Crippen molar-refractivity contribution in [2.75, 3.05) is 11.3 Å². The molecular weight excluding hydrogens is 284 g/mol. The Morgan fingerprint density at radius 2 is 2.21 bits per heavy atom. The second kappa shape index (κ2) is 4.82. The zero-order valence-corrected chi connectivity index (χ0v) is 11.6. The van der Waals surface area contributed by atoms with Crippen LogP contribution in [0, 0.1) is 0 Å². The number of benzene rings is 1. The van der Waals surface area contributed by atoms with Crippen molar-refractivity contribution in [1.82, 2.24) is 4.37 Å². The molecule has 5 nitrogen and oxygen atoms in total. The van der Waals surface area contributed by atoms with Gasteiger partial charge in [-0.05, 0) is 54.2 Å². The monoisotopic (exact) mass is 296 g/mol. The highest BCUT2D eigenvalue weighted by Gasteiger charge is 2.19. The van der Waals surface area contributed by atoms with Gasteiger partial charge in [0.25, 0.3) is 10.0 Å². The largest absolute Gasteiger partial charge is 0.493 e. The standard InChI is InChI=1S/C12H12N2O3S2/c15-19(16,14-12-5-7-18-13-12)10-3-4-11-9(8-10)2-1-6-17-11/h3-5,7-8H,1-2,6H2,(H,13,14). The van der Waals surface area contributed by atoms with Gasteiger partial charge in [0.2, 0.25) is 0 Å². The van der Waals surface area contributed by atoms with Gasteiger partial charge in [0.05, 0.1) is 11.5 Å². The topological polar surface area (TPSA) is 68.3 Å². The van der Waals surface area contributed by atoms with E-state index in [-0.39, 0.29) is 4.90 Å². The summed E-state index contributed by atoms with van der Waals surface area (Å²) in [6.45, 7) is 0.691. The van der Waals surface area contributed by atoms with Crippen molar-refractivity contribution >= 4 is 27.4 Å². The van der Waals surface area contributed by atoms with E-state index in [0.29, 0.717) is 12.4 Å². The van der Waals surface area contributed by atoms with E-state index < -0.39 is 10.0 Å². The number of nitrogens with one attached hydrogen (secondary N) is 1. The number of aromatic nitrogens is 1. The third kappa shape index (κ3) is 2.57. The van der Waals surface area contributed by atoms with Crippen LogP contribution >= 0.6 is 11.5 Å². The average Bonchev–Trinajstić information content (AvgIpc) is 2.90. The maximum absolute atomic E-state index is 12.2. The molecule has 0 spiro atoms. The minimum atomic E-state index is -3.58. The fraction of sp³-hybridized carbons (Fsp3) is 0.250. The molecule has 1 aromatic heterocycles. The number of fused-ring (bicyclic) bond motifs is 1. The second-order valence-corrected chi connectivity index (χ2v) is 6.56. The Morgan fingerprint density at radius 1 is 1.32 bits per heavy atom. The molecule has 1 aliphatic rings. The van der Waals surface area contributed by atoms with Crippen molar-refractivity contribution in [2.45, 2.75) is 17.7 Å². The van der Waals surface area contributed by atoms with Gasteiger partial charge >= 0.3 is 0 Å². The molecule has 19 heavy (non-hydrogen) atoms. The maximum atomic E-state index is 12.2. The average molecular weight is 296 g/mol. The van der Waals surface area contributed by atoms with E-state index in [4.69, 9.17) is 4.74 Å². The predicted molar refractivity (Wildman–Crippen MR) is 73.2 cm³/mol. The van der Waals surface area contributed by atoms with E-state index >= 15 is 0 Å². The third-order valence-corrected chi connectivity index (χ3v) is 4.78. The van der Waals surface area contributed by atoms with Crippen LogP contribution in [0.5, 0.6) is 5.75 Å². The van der Waals surface area contributed by atoms with Crippen LogP contribution in [0.15, 0.2) is 34.5 Å². The molecular formula is C12H12N2O3S2. The summed E-state index contributed by atoms with van der Waals surface area (Å²) in [6.07, 6.45) is 1.76. The Labute approximate surface area is 115 Å². The number of hydrogen-bond donors (Lipinski definition) is 1. The molecule has 2 aromatic rings. The van der Waals surface area contributed by atoms with Crippen LogP contribution in [0.25, 0.3) is 0 Å². The Hall–Kier alpha value is -1.60. The van der Waals surface area contributed by atoms with Crippen LogP contribution in [0.1, 0.15) is 12.0 Å². The molecule has 0 saturated carbocycles. The van der Waals surface area contributed by atoms with Crippen molar-refractivity contribution < 1.29 is 13.2 Å². The molecule has 0 unspecified atom stereocenters. The van der Waals surface area contributed by atoms with Crippen LogP contribution in [0.4, 0.5) is 5.82 Å². The zero-order valence-electron chi connectivity index (χ0n) is 10.00. The molecule has 0 amide bonds. The Bertz CT molecular complexity index is 681. The summed E-state index contributed by atoms with van der Waals surface area (Å²) in [5, 5.41) is 1.72. The zero-order chi connectivity index (χ0) is 13.3. The first-order chi connectivity index (χ1) is 9.15. The molecule has 2 heterocycles. The lowest BCUT2D eigenvalue weighted by molar-refractivity contribution is 0.288. The van der Waals surface area contributed by atoms with Crippen LogP contribution in [0.2, 0.25) is 0 Å². The lowest BCUT2D eigenvalue weighted by Gasteiger charge is -2.17. The minimum Gasteiger partial charge on any atom is -0.493 e. The molecule has 0 fully saturated rings. The number of anilines is 1. The van der Waals surface area contributed by atoms with Crippen molar-refractivity contribution in [1.29, 1.82) is 0 Å². The SMILES string of the molecule is O=S(=O)(Nc1ccsn1)c1ccc2c(c1)CCCO2. The summed E-state index contributed by atoms with van der Waals surface area (Å²) in [5.41, 5.74) is 0.937. The number of ether oxygens (including phenoxy) is 1. The van der Waals surface area contributed by atoms with E-state index in [1.807, 2.05) is 0 Å². The maximum Gasteiger partial charge on any atom is 0.263 e. The smallest absolute Gasteiger partial charge is 0.263 e. The lowest BCUT2D eigenvalue weighted by Crippen LogP contribution is -2.15.